The Labute approximate surface area is 91.6 Å². The predicted molar refractivity (Wildman–Crippen MR) is 53.1 cm³/mol. The first kappa shape index (κ1) is 12.7. The number of aryl methyl sites for hydroxylation is 1. The lowest BCUT2D eigenvalue weighted by Crippen LogP contribution is -2.22. The lowest BCUT2D eigenvalue weighted by Gasteiger charge is -2.13. The standard InChI is InChI=1S/C9H11BF2O4/c1-3-15-6-4-5(2)9(16-10(13)14)8(12)7(6)11/h4,13-14H,3H2,1-2H3. The summed E-state index contributed by atoms with van der Waals surface area (Å²) in [5, 5.41) is 17.1. The van der Waals surface area contributed by atoms with Crippen molar-refractivity contribution in [3.05, 3.63) is 23.3 Å². The Kier molecular flexibility index (Phi) is 4.08. The average Bonchev–Trinajstić information content (AvgIpc) is 2.21. The van der Waals surface area contributed by atoms with Crippen molar-refractivity contribution in [2.45, 2.75) is 13.8 Å². The first-order valence-electron chi connectivity index (χ1n) is 4.61. The average molecular weight is 232 g/mol. The number of hydrogen-bond acceptors (Lipinski definition) is 4. The Hall–Kier alpha value is -1.34. The highest BCUT2D eigenvalue weighted by atomic mass is 19.2. The van der Waals surface area contributed by atoms with Gasteiger partial charge >= 0.3 is 7.32 Å². The van der Waals surface area contributed by atoms with Gasteiger partial charge in [-0.25, -0.2) is 0 Å². The third-order valence-corrected chi connectivity index (χ3v) is 1.84. The molecule has 0 amide bonds. The molecule has 0 bridgehead atoms. The van der Waals surface area contributed by atoms with Crippen LogP contribution in [0.5, 0.6) is 11.5 Å². The first-order chi connectivity index (χ1) is 7.47. The minimum absolute atomic E-state index is 0.193. The smallest absolute Gasteiger partial charge is 0.509 e. The molecule has 88 valence electrons. The highest BCUT2D eigenvalue weighted by Gasteiger charge is 2.22. The molecule has 0 unspecified atom stereocenters. The molecule has 0 aliphatic heterocycles. The highest BCUT2D eigenvalue weighted by Crippen LogP contribution is 2.31. The molecule has 1 aromatic rings. The minimum atomic E-state index is -2.20. The van der Waals surface area contributed by atoms with Crippen molar-refractivity contribution in [1.29, 1.82) is 0 Å². The van der Waals surface area contributed by atoms with Gasteiger partial charge in [0, 0.05) is 0 Å². The van der Waals surface area contributed by atoms with Gasteiger partial charge in [0.1, 0.15) is 5.75 Å². The molecule has 0 radical (unpaired) electrons. The molecule has 4 nitrogen and oxygen atoms in total. The van der Waals surface area contributed by atoms with Crippen LogP contribution in [0.1, 0.15) is 12.5 Å². The normalized spacial score (nSPS) is 10.1. The van der Waals surface area contributed by atoms with E-state index in [0.29, 0.717) is 0 Å². The van der Waals surface area contributed by atoms with Gasteiger partial charge in [0.2, 0.25) is 11.6 Å². The Bertz CT molecular complexity index is 384. The fraction of sp³-hybridized carbons (Fsp3) is 0.333. The highest BCUT2D eigenvalue weighted by molar-refractivity contribution is 6.33. The van der Waals surface area contributed by atoms with Gasteiger partial charge in [-0.1, -0.05) is 0 Å². The maximum atomic E-state index is 13.4. The number of halogens is 2. The fourth-order valence-electron chi connectivity index (χ4n) is 1.22. The molecule has 0 aliphatic rings. The molecule has 16 heavy (non-hydrogen) atoms. The zero-order valence-corrected chi connectivity index (χ0v) is 8.83. The van der Waals surface area contributed by atoms with E-state index in [0.717, 1.165) is 0 Å². The number of ether oxygens (including phenoxy) is 1. The summed E-state index contributed by atoms with van der Waals surface area (Å²) < 4.78 is 35.9. The molecular weight excluding hydrogens is 221 g/mol. The minimum Gasteiger partial charge on any atom is -0.509 e. The van der Waals surface area contributed by atoms with Crippen molar-refractivity contribution >= 4 is 7.32 Å². The van der Waals surface area contributed by atoms with Crippen molar-refractivity contribution in [1.82, 2.24) is 0 Å². The van der Waals surface area contributed by atoms with Gasteiger partial charge in [-0.2, -0.15) is 8.78 Å². The lowest BCUT2D eigenvalue weighted by molar-refractivity contribution is 0.273. The summed E-state index contributed by atoms with van der Waals surface area (Å²) >= 11 is 0. The number of benzene rings is 1. The van der Waals surface area contributed by atoms with Crippen LogP contribution in [-0.4, -0.2) is 24.0 Å². The van der Waals surface area contributed by atoms with Crippen molar-refractivity contribution in [3.8, 4) is 11.5 Å². The van der Waals surface area contributed by atoms with E-state index in [1.54, 1.807) is 6.92 Å². The van der Waals surface area contributed by atoms with Gasteiger partial charge in [-0.15, -0.1) is 0 Å². The monoisotopic (exact) mass is 232 g/mol. The molecule has 0 saturated heterocycles. The second kappa shape index (κ2) is 5.13. The summed E-state index contributed by atoms with van der Waals surface area (Å²) in [4.78, 5) is 0. The van der Waals surface area contributed by atoms with Gasteiger partial charge < -0.3 is 19.4 Å². The molecule has 7 heteroatoms. The first-order valence-corrected chi connectivity index (χ1v) is 4.61. The van der Waals surface area contributed by atoms with Crippen molar-refractivity contribution < 1.29 is 28.2 Å². The van der Waals surface area contributed by atoms with Crippen LogP contribution >= 0.6 is 0 Å². The van der Waals surface area contributed by atoms with Gasteiger partial charge in [-0.3, -0.25) is 0 Å². The number of rotatable bonds is 4. The zero-order chi connectivity index (χ0) is 12.3. The Balaban J connectivity index is 3.17. The Morgan fingerprint density at radius 3 is 2.44 bits per heavy atom. The molecule has 0 saturated carbocycles. The third kappa shape index (κ3) is 2.62. The fourth-order valence-corrected chi connectivity index (χ4v) is 1.22. The summed E-state index contributed by atoms with van der Waals surface area (Å²) in [6.45, 7) is 3.26. The largest absolute Gasteiger partial charge is 0.707 e. The van der Waals surface area contributed by atoms with Gasteiger partial charge in [0.05, 0.1) is 6.61 Å². The lowest BCUT2D eigenvalue weighted by atomic mass is 10.1. The summed E-state index contributed by atoms with van der Waals surface area (Å²) in [6.07, 6.45) is 0. The maximum absolute atomic E-state index is 13.4. The molecule has 2 N–H and O–H groups in total. The van der Waals surface area contributed by atoms with E-state index in [1.807, 2.05) is 0 Å². The van der Waals surface area contributed by atoms with Crippen molar-refractivity contribution in [2.75, 3.05) is 6.61 Å². The summed E-state index contributed by atoms with van der Waals surface area (Å²) in [6, 6.07) is 1.22. The molecule has 0 aliphatic carbocycles. The second-order valence-electron chi connectivity index (χ2n) is 3.03. The third-order valence-electron chi connectivity index (χ3n) is 1.84. The van der Waals surface area contributed by atoms with Crippen LogP contribution in [0.25, 0.3) is 0 Å². The van der Waals surface area contributed by atoms with E-state index in [2.05, 4.69) is 4.65 Å². The second-order valence-corrected chi connectivity index (χ2v) is 3.03. The van der Waals surface area contributed by atoms with E-state index >= 15 is 0 Å². The van der Waals surface area contributed by atoms with E-state index in [-0.39, 0.29) is 17.9 Å². The molecule has 1 rings (SSSR count). The van der Waals surface area contributed by atoms with Crippen LogP contribution in [0, 0.1) is 18.6 Å². The van der Waals surface area contributed by atoms with E-state index in [9.17, 15) is 8.78 Å². The van der Waals surface area contributed by atoms with Gasteiger partial charge in [0.25, 0.3) is 0 Å². The van der Waals surface area contributed by atoms with Crippen LogP contribution in [0.15, 0.2) is 6.07 Å². The molecule has 0 fully saturated rings. The van der Waals surface area contributed by atoms with Gasteiger partial charge in [-0.05, 0) is 25.5 Å². The molecule has 0 aromatic heterocycles. The molecular formula is C9H11BF2O4. The molecule has 0 spiro atoms. The molecule has 1 aromatic carbocycles. The van der Waals surface area contributed by atoms with Crippen LogP contribution in [0.4, 0.5) is 8.78 Å². The summed E-state index contributed by atoms with van der Waals surface area (Å²) in [5.74, 6) is -3.31. The van der Waals surface area contributed by atoms with Crippen LogP contribution in [0.2, 0.25) is 0 Å². The molecule has 0 atom stereocenters. The zero-order valence-electron chi connectivity index (χ0n) is 8.83. The van der Waals surface area contributed by atoms with Crippen LogP contribution in [-0.2, 0) is 0 Å². The summed E-state index contributed by atoms with van der Waals surface area (Å²) in [5.41, 5.74) is 0.204. The van der Waals surface area contributed by atoms with E-state index in [4.69, 9.17) is 14.8 Å². The SMILES string of the molecule is CCOc1cc(C)c(OB(O)O)c(F)c1F. The summed E-state index contributed by atoms with van der Waals surface area (Å²) in [7, 11) is -2.20. The quantitative estimate of drug-likeness (QED) is 0.761. The van der Waals surface area contributed by atoms with Crippen molar-refractivity contribution in [3.63, 3.8) is 0 Å². The van der Waals surface area contributed by atoms with Crippen LogP contribution < -0.4 is 9.39 Å². The van der Waals surface area contributed by atoms with Crippen LogP contribution in [0.3, 0.4) is 0 Å². The predicted octanol–water partition coefficient (Wildman–Crippen LogP) is 1.02. The van der Waals surface area contributed by atoms with Gasteiger partial charge in [0.15, 0.2) is 5.75 Å². The Morgan fingerprint density at radius 1 is 1.31 bits per heavy atom. The molecule has 0 heterocycles. The van der Waals surface area contributed by atoms with E-state index in [1.165, 1.54) is 13.0 Å². The Morgan fingerprint density at radius 2 is 1.94 bits per heavy atom. The van der Waals surface area contributed by atoms with E-state index < -0.39 is 24.7 Å². The topological polar surface area (TPSA) is 58.9 Å². The maximum Gasteiger partial charge on any atom is 0.707 e. The van der Waals surface area contributed by atoms with Crippen molar-refractivity contribution in [2.24, 2.45) is 0 Å². The number of hydrogen-bond donors (Lipinski definition) is 2.